The molecular formula is C14H19NO5. The second-order valence-electron chi connectivity index (χ2n) is 4.66. The van der Waals surface area contributed by atoms with E-state index < -0.39 is 24.2 Å². The number of hydrogen-bond donors (Lipinski definition) is 2. The van der Waals surface area contributed by atoms with E-state index >= 15 is 0 Å². The molecule has 0 aliphatic carbocycles. The van der Waals surface area contributed by atoms with E-state index in [-0.39, 0.29) is 13.0 Å². The van der Waals surface area contributed by atoms with Crippen LogP contribution in [0.3, 0.4) is 0 Å². The Kier molecular flexibility index (Phi) is 5.99. The standard InChI is InChI=1S/C14H19NO5/c1-14(10-16,8-12(17)19-2)15-13(18)20-9-11-6-4-3-5-7-11/h3-7,16H,8-10H2,1-2H3,(H,15,18)/t14-/m1/s1. The normalized spacial score (nSPS) is 13.2. The van der Waals surface area contributed by atoms with Crippen LogP contribution < -0.4 is 5.32 Å². The second kappa shape index (κ2) is 7.49. The number of nitrogens with one attached hydrogen (secondary N) is 1. The van der Waals surface area contributed by atoms with Crippen molar-refractivity contribution < 1.29 is 24.2 Å². The summed E-state index contributed by atoms with van der Waals surface area (Å²) >= 11 is 0. The molecule has 0 saturated heterocycles. The maximum Gasteiger partial charge on any atom is 0.407 e. The lowest BCUT2D eigenvalue weighted by Gasteiger charge is -2.26. The Morgan fingerprint density at radius 2 is 1.95 bits per heavy atom. The highest BCUT2D eigenvalue weighted by molar-refractivity contribution is 5.73. The average molecular weight is 281 g/mol. The predicted molar refractivity (Wildman–Crippen MR) is 71.9 cm³/mol. The number of rotatable bonds is 6. The number of methoxy groups -OCH3 is 1. The summed E-state index contributed by atoms with van der Waals surface area (Å²) in [7, 11) is 1.24. The first-order chi connectivity index (χ1) is 9.49. The molecule has 6 heteroatoms. The number of carbonyl (C=O) groups is 2. The van der Waals surface area contributed by atoms with E-state index in [0.717, 1.165) is 5.56 Å². The van der Waals surface area contributed by atoms with Gasteiger partial charge in [0.2, 0.25) is 0 Å². The Hall–Kier alpha value is -2.08. The van der Waals surface area contributed by atoms with Crippen LogP contribution >= 0.6 is 0 Å². The van der Waals surface area contributed by atoms with Crippen molar-refractivity contribution in [2.75, 3.05) is 13.7 Å². The van der Waals surface area contributed by atoms with Crippen LogP contribution in [0.5, 0.6) is 0 Å². The molecule has 0 fully saturated rings. The third-order valence-corrected chi connectivity index (χ3v) is 2.73. The van der Waals surface area contributed by atoms with Crippen molar-refractivity contribution in [2.24, 2.45) is 0 Å². The Labute approximate surface area is 117 Å². The minimum atomic E-state index is -1.11. The van der Waals surface area contributed by atoms with Gasteiger partial charge in [0.15, 0.2) is 0 Å². The van der Waals surface area contributed by atoms with Gasteiger partial charge in [0, 0.05) is 0 Å². The zero-order valence-electron chi connectivity index (χ0n) is 11.6. The van der Waals surface area contributed by atoms with E-state index in [1.807, 2.05) is 30.3 Å². The molecule has 20 heavy (non-hydrogen) atoms. The van der Waals surface area contributed by atoms with Gasteiger partial charge in [-0.15, -0.1) is 0 Å². The second-order valence-corrected chi connectivity index (χ2v) is 4.66. The molecule has 1 amide bonds. The Morgan fingerprint density at radius 1 is 1.30 bits per heavy atom. The minimum Gasteiger partial charge on any atom is -0.469 e. The van der Waals surface area contributed by atoms with Crippen LogP contribution in [0.4, 0.5) is 4.79 Å². The molecule has 0 saturated carbocycles. The molecule has 1 aromatic carbocycles. The third kappa shape index (κ3) is 5.27. The predicted octanol–water partition coefficient (Wildman–Crippen LogP) is 1.23. The molecule has 110 valence electrons. The number of carbonyl (C=O) groups excluding carboxylic acids is 2. The summed E-state index contributed by atoms with van der Waals surface area (Å²) < 4.78 is 9.54. The zero-order chi connectivity index (χ0) is 15.0. The molecule has 0 unspecified atom stereocenters. The highest BCUT2D eigenvalue weighted by Crippen LogP contribution is 2.10. The van der Waals surface area contributed by atoms with Gasteiger partial charge < -0.3 is 19.9 Å². The summed E-state index contributed by atoms with van der Waals surface area (Å²) in [6, 6.07) is 9.19. The van der Waals surface area contributed by atoms with Crippen LogP contribution in [0.15, 0.2) is 30.3 Å². The van der Waals surface area contributed by atoms with E-state index in [4.69, 9.17) is 4.74 Å². The van der Waals surface area contributed by atoms with Crippen LogP contribution in [0.1, 0.15) is 18.9 Å². The van der Waals surface area contributed by atoms with Crippen molar-refractivity contribution in [3.05, 3.63) is 35.9 Å². The van der Waals surface area contributed by atoms with Crippen molar-refractivity contribution in [2.45, 2.75) is 25.5 Å². The number of aliphatic hydroxyl groups excluding tert-OH is 1. The van der Waals surface area contributed by atoms with E-state index in [1.165, 1.54) is 14.0 Å². The Bertz CT molecular complexity index is 448. The highest BCUT2D eigenvalue weighted by atomic mass is 16.5. The molecule has 1 rings (SSSR count). The Balaban J connectivity index is 2.48. The first kappa shape index (κ1) is 16.0. The summed E-state index contributed by atoms with van der Waals surface area (Å²) in [6.45, 7) is 1.25. The number of esters is 1. The smallest absolute Gasteiger partial charge is 0.407 e. The number of amides is 1. The number of aliphatic hydroxyl groups is 1. The number of ether oxygens (including phenoxy) is 2. The minimum absolute atomic E-state index is 0.117. The molecule has 0 aromatic heterocycles. The van der Waals surface area contributed by atoms with E-state index in [0.29, 0.717) is 0 Å². The van der Waals surface area contributed by atoms with Gasteiger partial charge in [-0.3, -0.25) is 4.79 Å². The summed E-state index contributed by atoms with van der Waals surface area (Å²) in [4.78, 5) is 22.9. The van der Waals surface area contributed by atoms with Gasteiger partial charge in [-0.2, -0.15) is 0 Å². The number of alkyl carbamates (subject to hydrolysis) is 1. The summed E-state index contributed by atoms with van der Waals surface area (Å²) in [5.74, 6) is -0.523. The molecular weight excluding hydrogens is 262 g/mol. The van der Waals surface area contributed by atoms with Crippen molar-refractivity contribution in [1.82, 2.24) is 5.32 Å². The Morgan fingerprint density at radius 3 is 2.50 bits per heavy atom. The average Bonchev–Trinajstić information content (AvgIpc) is 2.46. The zero-order valence-corrected chi connectivity index (χ0v) is 11.6. The molecule has 0 spiro atoms. The van der Waals surface area contributed by atoms with Gasteiger partial charge in [0.1, 0.15) is 6.61 Å². The van der Waals surface area contributed by atoms with Crippen LogP contribution in [0, 0.1) is 0 Å². The summed E-state index contributed by atoms with van der Waals surface area (Å²) in [5.41, 5.74) is -0.262. The van der Waals surface area contributed by atoms with Crippen molar-refractivity contribution >= 4 is 12.1 Å². The fourth-order valence-corrected chi connectivity index (χ4v) is 1.54. The largest absolute Gasteiger partial charge is 0.469 e. The fourth-order valence-electron chi connectivity index (χ4n) is 1.54. The molecule has 1 aromatic rings. The third-order valence-electron chi connectivity index (χ3n) is 2.73. The van der Waals surface area contributed by atoms with E-state index in [2.05, 4.69) is 10.1 Å². The van der Waals surface area contributed by atoms with Gasteiger partial charge in [0.05, 0.1) is 25.7 Å². The number of hydrogen-bond acceptors (Lipinski definition) is 5. The lowest BCUT2D eigenvalue weighted by Crippen LogP contribution is -2.50. The van der Waals surface area contributed by atoms with Crippen molar-refractivity contribution in [3.8, 4) is 0 Å². The first-order valence-electron chi connectivity index (χ1n) is 6.15. The van der Waals surface area contributed by atoms with Gasteiger partial charge in [-0.25, -0.2) is 4.79 Å². The molecule has 6 nitrogen and oxygen atoms in total. The van der Waals surface area contributed by atoms with E-state index in [9.17, 15) is 14.7 Å². The lowest BCUT2D eigenvalue weighted by atomic mass is 9.99. The maximum atomic E-state index is 11.7. The topological polar surface area (TPSA) is 84.9 Å². The summed E-state index contributed by atoms with van der Waals surface area (Å²) in [6.07, 6.45) is -0.838. The monoisotopic (exact) mass is 281 g/mol. The SMILES string of the molecule is COC(=O)C[C@](C)(CO)NC(=O)OCc1ccccc1. The van der Waals surface area contributed by atoms with Crippen LogP contribution in [0.2, 0.25) is 0 Å². The van der Waals surface area contributed by atoms with E-state index in [1.54, 1.807) is 0 Å². The van der Waals surface area contributed by atoms with Crippen LogP contribution in [-0.4, -0.2) is 36.4 Å². The number of benzene rings is 1. The van der Waals surface area contributed by atoms with Gasteiger partial charge in [-0.1, -0.05) is 30.3 Å². The molecule has 2 N–H and O–H groups in total. The van der Waals surface area contributed by atoms with Crippen LogP contribution in [-0.2, 0) is 20.9 Å². The quantitative estimate of drug-likeness (QED) is 0.766. The summed E-state index contributed by atoms with van der Waals surface area (Å²) in [5, 5.41) is 11.8. The molecule has 1 atom stereocenters. The van der Waals surface area contributed by atoms with Crippen molar-refractivity contribution in [1.29, 1.82) is 0 Å². The molecule has 0 radical (unpaired) electrons. The first-order valence-corrected chi connectivity index (χ1v) is 6.15. The van der Waals surface area contributed by atoms with Crippen LogP contribution in [0.25, 0.3) is 0 Å². The van der Waals surface area contributed by atoms with Gasteiger partial charge >= 0.3 is 12.1 Å². The molecule has 0 aliphatic rings. The van der Waals surface area contributed by atoms with Crippen molar-refractivity contribution in [3.63, 3.8) is 0 Å². The molecule has 0 aliphatic heterocycles. The fraction of sp³-hybridized carbons (Fsp3) is 0.429. The molecule has 0 bridgehead atoms. The maximum absolute atomic E-state index is 11.7. The highest BCUT2D eigenvalue weighted by Gasteiger charge is 2.30. The van der Waals surface area contributed by atoms with Gasteiger partial charge in [-0.05, 0) is 12.5 Å². The molecule has 0 heterocycles. The van der Waals surface area contributed by atoms with Gasteiger partial charge in [0.25, 0.3) is 0 Å². The lowest BCUT2D eigenvalue weighted by molar-refractivity contribution is -0.142.